The van der Waals surface area contributed by atoms with E-state index in [1.807, 2.05) is 35.2 Å². The van der Waals surface area contributed by atoms with Gasteiger partial charge in [-0.2, -0.15) is 0 Å². The minimum atomic E-state index is -0.448. The number of ether oxygens (including phenoxy) is 1. The Morgan fingerprint density at radius 2 is 1.78 bits per heavy atom. The van der Waals surface area contributed by atoms with Crippen molar-refractivity contribution in [3.05, 3.63) is 88.7 Å². The van der Waals surface area contributed by atoms with Crippen molar-refractivity contribution >= 4 is 11.8 Å². The standard InChI is InChI=1S/C26H27N3O3/c1-17-3-4-19(13-18(17)2)14-25(30)29-11-12-32-24(16-29)23-10-9-22(15-28-23)20-5-7-21(8-6-20)26(27)31/h3-10,13,15,24H,11-12,14,16H2,1-2H3,(H2,27,31). The van der Waals surface area contributed by atoms with E-state index in [0.717, 1.165) is 22.4 Å². The van der Waals surface area contributed by atoms with Crippen LogP contribution in [0.2, 0.25) is 0 Å². The fourth-order valence-corrected chi connectivity index (χ4v) is 3.85. The number of amides is 2. The second-order valence-electron chi connectivity index (χ2n) is 8.21. The number of aryl methyl sites for hydroxylation is 2. The predicted octanol–water partition coefficient (Wildman–Crippen LogP) is 3.61. The molecule has 6 nitrogen and oxygen atoms in total. The van der Waals surface area contributed by atoms with Crippen LogP contribution < -0.4 is 5.73 Å². The lowest BCUT2D eigenvalue weighted by atomic mass is 10.0. The van der Waals surface area contributed by atoms with Crippen LogP contribution in [0.1, 0.15) is 38.8 Å². The first-order chi connectivity index (χ1) is 15.4. The van der Waals surface area contributed by atoms with Crippen molar-refractivity contribution in [3.63, 3.8) is 0 Å². The molecule has 2 amide bonds. The van der Waals surface area contributed by atoms with E-state index in [9.17, 15) is 9.59 Å². The largest absolute Gasteiger partial charge is 0.368 e. The Morgan fingerprint density at radius 3 is 2.44 bits per heavy atom. The molecule has 2 heterocycles. The van der Waals surface area contributed by atoms with Gasteiger partial charge in [0, 0.05) is 23.9 Å². The van der Waals surface area contributed by atoms with Gasteiger partial charge in [0.2, 0.25) is 11.8 Å². The second kappa shape index (κ2) is 9.32. The van der Waals surface area contributed by atoms with Crippen LogP contribution in [0, 0.1) is 13.8 Å². The van der Waals surface area contributed by atoms with Crippen molar-refractivity contribution < 1.29 is 14.3 Å². The number of aromatic nitrogens is 1. The molecule has 0 saturated carbocycles. The number of hydrogen-bond acceptors (Lipinski definition) is 4. The summed E-state index contributed by atoms with van der Waals surface area (Å²) in [6, 6.07) is 17.2. The molecule has 1 atom stereocenters. The molecule has 164 valence electrons. The second-order valence-corrected chi connectivity index (χ2v) is 8.21. The quantitative estimate of drug-likeness (QED) is 0.671. The summed E-state index contributed by atoms with van der Waals surface area (Å²) in [6.07, 6.45) is 1.92. The van der Waals surface area contributed by atoms with Gasteiger partial charge in [-0.05, 0) is 54.3 Å². The summed E-state index contributed by atoms with van der Waals surface area (Å²) in [4.78, 5) is 30.6. The maximum absolute atomic E-state index is 12.9. The van der Waals surface area contributed by atoms with Gasteiger partial charge in [-0.1, -0.05) is 36.4 Å². The molecule has 0 radical (unpaired) electrons. The highest BCUT2D eigenvalue weighted by Gasteiger charge is 2.26. The van der Waals surface area contributed by atoms with E-state index in [4.69, 9.17) is 10.5 Å². The number of benzene rings is 2. The van der Waals surface area contributed by atoms with Crippen LogP contribution in [0.15, 0.2) is 60.8 Å². The van der Waals surface area contributed by atoms with Crippen LogP contribution >= 0.6 is 0 Å². The van der Waals surface area contributed by atoms with Gasteiger partial charge in [-0.15, -0.1) is 0 Å². The van der Waals surface area contributed by atoms with Gasteiger partial charge in [0.15, 0.2) is 0 Å². The van der Waals surface area contributed by atoms with Crippen molar-refractivity contribution in [1.29, 1.82) is 0 Å². The van der Waals surface area contributed by atoms with Crippen LogP contribution in [-0.4, -0.2) is 41.4 Å². The van der Waals surface area contributed by atoms with Crippen LogP contribution in [-0.2, 0) is 16.0 Å². The first-order valence-electron chi connectivity index (χ1n) is 10.7. The summed E-state index contributed by atoms with van der Waals surface area (Å²) in [7, 11) is 0. The number of nitrogens with two attached hydrogens (primary N) is 1. The van der Waals surface area contributed by atoms with Crippen molar-refractivity contribution in [2.75, 3.05) is 19.7 Å². The lowest BCUT2D eigenvalue weighted by Gasteiger charge is -2.33. The van der Waals surface area contributed by atoms with Gasteiger partial charge >= 0.3 is 0 Å². The predicted molar refractivity (Wildman–Crippen MR) is 123 cm³/mol. The smallest absolute Gasteiger partial charge is 0.248 e. The van der Waals surface area contributed by atoms with E-state index < -0.39 is 5.91 Å². The fourth-order valence-electron chi connectivity index (χ4n) is 3.85. The number of hydrogen-bond donors (Lipinski definition) is 1. The molecule has 1 unspecified atom stereocenters. The molecular weight excluding hydrogens is 402 g/mol. The zero-order valence-corrected chi connectivity index (χ0v) is 18.4. The molecule has 1 aromatic heterocycles. The van der Waals surface area contributed by atoms with Crippen LogP contribution in [0.25, 0.3) is 11.1 Å². The summed E-state index contributed by atoms with van der Waals surface area (Å²) in [6.45, 7) is 5.70. The van der Waals surface area contributed by atoms with E-state index in [-0.39, 0.29) is 12.0 Å². The van der Waals surface area contributed by atoms with Crippen LogP contribution in [0.4, 0.5) is 0 Å². The third-order valence-electron chi connectivity index (χ3n) is 5.96. The van der Waals surface area contributed by atoms with Gasteiger partial charge in [-0.25, -0.2) is 0 Å². The number of carbonyl (C=O) groups is 2. The molecule has 0 spiro atoms. The molecule has 0 bridgehead atoms. The first kappa shape index (κ1) is 21.7. The minimum Gasteiger partial charge on any atom is -0.368 e. The summed E-state index contributed by atoms with van der Waals surface area (Å²) in [5, 5.41) is 0. The molecule has 1 aliphatic heterocycles. The van der Waals surface area contributed by atoms with Crippen molar-refractivity contribution in [1.82, 2.24) is 9.88 Å². The Balaban J connectivity index is 1.41. The molecule has 32 heavy (non-hydrogen) atoms. The van der Waals surface area contributed by atoms with Crippen molar-refractivity contribution in [3.8, 4) is 11.1 Å². The number of morpholine rings is 1. The molecule has 2 aromatic carbocycles. The number of nitrogens with zero attached hydrogens (tertiary/aromatic N) is 2. The lowest BCUT2D eigenvalue weighted by Crippen LogP contribution is -2.43. The Morgan fingerprint density at radius 1 is 1.03 bits per heavy atom. The zero-order valence-electron chi connectivity index (χ0n) is 18.4. The number of rotatable bonds is 5. The monoisotopic (exact) mass is 429 g/mol. The van der Waals surface area contributed by atoms with Gasteiger partial charge in [0.05, 0.1) is 25.3 Å². The number of primary amides is 1. The van der Waals surface area contributed by atoms with Crippen LogP contribution in [0.3, 0.4) is 0 Å². The minimum absolute atomic E-state index is 0.104. The summed E-state index contributed by atoms with van der Waals surface area (Å²) >= 11 is 0. The summed E-state index contributed by atoms with van der Waals surface area (Å²) < 4.78 is 5.91. The molecule has 1 aliphatic rings. The number of carbonyl (C=O) groups excluding carboxylic acids is 2. The number of pyridine rings is 1. The molecular formula is C26H27N3O3. The Hall–Kier alpha value is -3.51. The van der Waals surface area contributed by atoms with E-state index in [2.05, 4.69) is 31.0 Å². The maximum atomic E-state index is 12.9. The molecule has 0 aliphatic carbocycles. The van der Waals surface area contributed by atoms with Gasteiger partial charge in [0.1, 0.15) is 6.10 Å². The van der Waals surface area contributed by atoms with Crippen molar-refractivity contribution in [2.24, 2.45) is 5.73 Å². The van der Waals surface area contributed by atoms with E-state index in [1.54, 1.807) is 18.3 Å². The van der Waals surface area contributed by atoms with Gasteiger partial charge in [-0.3, -0.25) is 14.6 Å². The zero-order chi connectivity index (χ0) is 22.7. The first-order valence-corrected chi connectivity index (χ1v) is 10.7. The third-order valence-corrected chi connectivity index (χ3v) is 5.96. The highest BCUT2D eigenvalue weighted by Crippen LogP contribution is 2.25. The Bertz CT molecular complexity index is 1120. The SMILES string of the molecule is Cc1ccc(CC(=O)N2CCOC(c3ccc(-c4ccc(C(N)=O)cc4)cn3)C2)cc1C. The van der Waals surface area contributed by atoms with Gasteiger partial charge < -0.3 is 15.4 Å². The molecule has 3 aromatic rings. The highest BCUT2D eigenvalue weighted by atomic mass is 16.5. The van der Waals surface area contributed by atoms with E-state index >= 15 is 0 Å². The van der Waals surface area contributed by atoms with Crippen LogP contribution in [0.5, 0.6) is 0 Å². The van der Waals surface area contributed by atoms with E-state index in [0.29, 0.717) is 31.7 Å². The normalized spacial score (nSPS) is 16.1. The Kier molecular flexibility index (Phi) is 6.32. The van der Waals surface area contributed by atoms with Crippen molar-refractivity contribution in [2.45, 2.75) is 26.4 Å². The third kappa shape index (κ3) is 4.86. The van der Waals surface area contributed by atoms with Gasteiger partial charge in [0.25, 0.3) is 0 Å². The summed E-state index contributed by atoms with van der Waals surface area (Å²) in [5.41, 5.74) is 11.9. The highest BCUT2D eigenvalue weighted by molar-refractivity contribution is 5.93. The molecule has 2 N–H and O–H groups in total. The maximum Gasteiger partial charge on any atom is 0.248 e. The molecule has 1 fully saturated rings. The fraction of sp³-hybridized carbons (Fsp3) is 0.269. The average molecular weight is 430 g/mol. The topological polar surface area (TPSA) is 85.5 Å². The molecule has 4 rings (SSSR count). The lowest BCUT2D eigenvalue weighted by molar-refractivity contribution is -0.138. The summed E-state index contributed by atoms with van der Waals surface area (Å²) in [5.74, 6) is -0.344. The van der Waals surface area contributed by atoms with E-state index in [1.165, 1.54) is 11.1 Å². The average Bonchev–Trinajstić information content (AvgIpc) is 2.82. The molecule has 6 heteroatoms. The Labute approximate surface area is 188 Å². The molecule has 1 saturated heterocycles.